The third kappa shape index (κ3) is 1.37. The Balaban J connectivity index is 2.22. The first-order valence-corrected chi connectivity index (χ1v) is 5.08. The highest BCUT2D eigenvalue weighted by molar-refractivity contribution is 8.00. The number of aliphatic hydroxyl groups is 1. The zero-order valence-electron chi connectivity index (χ0n) is 7.03. The Labute approximate surface area is 76.8 Å². The van der Waals surface area contributed by atoms with Crippen LogP contribution in [0.1, 0.15) is 12.5 Å². The summed E-state index contributed by atoms with van der Waals surface area (Å²) in [7, 11) is 0. The highest BCUT2D eigenvalue weighted by atomic mass is 32.2. The van der Waals surface area contributed by atoms with Crippen LogP contribution in [0.4, 0.5) is 0 Å². The van der Waals surface area contributed by atoms with Crippen molar-refractivity contribution in [3.63, 3.8) is 0 Å². The Morgan fingerprint density at radius 3 is 2.92 bits per heavy atom. The highest BCUT2D eigenvalue weighted by Gasteiger charge is 2.24. The van der Waals surface area contributed by atoms with Crippen molar-refractivity contribution in [3.05, 3.63) is 29.8 Å². The Morgan fingerprint density at radius 2 is 2.25 bits per heavy atom. The molecule has 0 aliphatic carbocycles. The summed E-state index contributed by atoms with van der Waals surface area (Å²) in [4.78, 5) is 1.34. The van der Waals surface area contributed by atoms with Crippen molar-refractivity contribution in [1.82, 2.24) is 0 Å². The van der Waals surface area contributed by atoms with Crippen LogP contribution in [-0.2, 0) is 6.42 Å². The van der Waals surface area contributed by atoms with E-state index < -0.39 is 0 Å². The van der Waals surface area contributed by atoms with Gasteiger partial charge in [0, 0.05) is 10.1 Å². The lowest BCUT2D eigenvalue weighted by Crippen LogP contribution is -2.17. The van der Waals surface area contributed by atoms with Gasteiger partial charge < -0.3 is 5.11 Å². The van der Waals surface area contributed by atoms with Gasteiger partial charge in [0.1, 0.15) is 0 Å². The van der Waals surface area contributed by atoms with Gasteiger partial charge in [0.25, 0.3) is 0 Å². The van der Waals surface area contributed by atoms with E-state index in [0.29, 0.717) is 5.25 Å². The summed E-state index contributed by atoms with van der Waals surface area (Å²) in [6, 6.07) is 8.38. The summed E-state index contributed by atoms with van der Waals surface area (Å²) < 4.78 is 0. The summed E-state index contributed by atoms with van der Waals surface area (Å²) in [5, 5.41) is 9.77. The molecule has 0 amide bonds. The van der Waals surface area contributed by atoms with E-state index in [4.69, 9.17) is 0 Å². The number of thioether (sulfide) groups is 1. The topological polar surface area (TPSA) is 20.2 Å². The second-order valence-electron chi connectivity index (χ2n) is 3.21. The molecule has 0 spiro atoms. The molecule has 0 saturated heterocycles. The first kappa shape index (κ1) is 8.14. The van der Waals surface area contributed by atoms with E-state index in [0.717, 1.165) is 6.42 Å². The molecule has 2 atom stereocenters. The van der Waals surface area contributed by atoms with E-state index >= 15 is 0 Å². The van der Waals surface area contributed by atoms with Crippen molar-refractivity contribution in [2.24, 2.45) is 0 Å². The Hall–Kier alpha value is -0.470. The molecule has 2 heteroatoms. The van der Waals surface area contributed by atoms with E-state index in [9.17, 15) is 5.11 Å². The zero-order valence-corrected chi connectivity index (χ0v) is 7.84. The van der Waals surface area contributed by atoms with Crippen LogP contribution in [0.3, 0.4) is 0 Å². The van der Waals surface area contributed by atoms with Gasteiger partial charge in [-0.2, -0.15) is 0 Å². The molecule has 0 saturated carbocycles. The SMILES string of the molecule is CC(O)C1Cc2ccccc2S1. The third-order valence-corrected chi connectivity index (χ3v) is 3.73. The summed E-state index contributed by atoms with van der Waals surface area (Å²) >= 11 is 1.79. The third-order valence-electron chi connectivity index (χ3n) is 2.21. The molecule has 1 aromatic rings. The maximum absolute atomic E-state index is 9.40. The molecular formula is C10H12OS. The fourth-order valence-electron chi connectivity index (χ4n) is 1.48. The molecule has 1 aromatic carbocycles. The van der Waals surface area contributed by atoms with E-state index in [1.54, 1.807) is 11.8 Å². The second kappa shape index (κ2) is 3.11. The molecule has 64 valence electrons. The van der Waals surface area contributed by atoms with Crippen molar-refractivity contribution >= 4 is 11.8 Å². The van der Waals surface area contributed by atoms with Crippen molar-refractivity contribution < 1.29 is 5.11 Å². The zero-order chi connectivity index (χ0) is 8.55. The summed E-state index contributed by atoms with van der Waals surface area (Å²) in [6.45, 7) is 1.86. The van der Waals surface area contributed by atoms with Crippen molar-refractivity contribution in [1.29, 1.82) is 0 Å². The van der Waals surface area contributed by atoms with E-state index in [1.807, 2.05) is 6.92 Å². The van der Waals surface area contributed by atoms with Gasteiger partial charge in [-0.3, -0.25) is 0 Å². The monoisotopic (exact) mass is 180 g/mol. The second-order valence-corrected chi connectivity index (χ2v) is 4.49. The van der Waals surface area contributed by atoms with Crippen molar-refractivity contribution in [3.8, 4) is 0 Å². The fourth-order valence-corrected chi connectivity index (χ4v) is 2.72. The molecule has 1 N–H and O–H groups in total. The molecule has 12 heavy (non-hydrogen) atoms. The van der Waals surface area contributed by atoms with Crippen LogP contribution < -0.4 is 0 Å². The van der Waals surface area contributed by atoms with E-state index in [1.165, 1.54) is 10.5 Å². The van der Waals surface area contributed by atoms with Crippen molar-refractivity contribution in [2.75, 3.05) is 0 Å². The van der Waals surface area contributed by atoms with Gasteiger partial charge in [0.15, 0.2) is 0 Å². The fraction of sp³-hybridized carbons (Fsp3) is 0.400. The predicted octanol–water partition coefficient (Wildman–Crippen LogP) is 2.08. The molecule has 2 unspecified atom stereocenters. The van der Waals surface area contributed by atoms with Crippen LogP contribution >= 0.6 is 11.8 Å². The number of rotatable bonds is 1. The average molecular weight is 180 g/mol. The Kier molecular flexibility index (Phi) is 2.11. The molecular weight excluding hydrogens is 168 g/mol. The first-order chi connectivity index (χ1) is 5.77. The Morgan fingerprint density at radius 1 is 1.50 bits per heavy atom. The van der Waals surface area contributed by atoms with Crippen LogP contribution in [0, 0.1) is 0 Å². The number of benzene rings is 1. The maximum atomic E-state index is 9.40. The molecule has 0 radical (unpaired) electrons. The predicted molar refractivity (Wildman–Crippen MR) is 51.5 cm³/mol. The van der Waals surface area contributed by atoms with Gasteiger partial charge in [-0.15, -0.1) is 11.8 Å². The first-order valence-electron chi connectivity index (χ1n) is 4.20. The minimum atomic E-state index is -0.206. The van der Waals surface area contributed by atoms with Gasteiger partial charge in [-0.25, -0.2) is 0 Å². The molecule has 0 fully saturated rings. The molecule has 1 heterocycles. The van der Waals surface area contributed by atoms with Crippen LogP contribution in [0.2, 0.25) is 0 Å². The van der Waals surface area contributed by atoms with Gasteiger partial charge >= 0.3 is 0 Å². The van der Waals surface area contributed by atoms with Gasteiger partial charge in [-0.1, -0.05) is 18.2 Å². The van der Waals surface area contributed by atoms with Crippen LogP contribution in [-0.4, -0.2) is 16.5 Å². The number of hydrogen-bond donors (Lipinski definition) is 1. The maximum Gasteiger partial charge on any atom is 0.0637 e. The normalized spacial score (nSPS) is 23.7. The largest absolute Gasteiger partial charge is 0.392 e. The molecule has 1 aliphatic heterocycles. The molecule has 1 aliphatic rings. The minimum absolute atomic E-state index is 0.206. The van der Waals surface area contributed by atoms with Crippen molar-refractivity contribution in [2.45, 2.75) is 29.6 Å². The quantitative estimate of drug-likeness (QED) is 0.714. The number of fused-ring (bicyclic) bond motifs is 1. The van der Waals surface area contributed by atoms with Gasteiger partial charge in [0.05, 0.1) is 6.10 Å². The highest BCUT2D eigenvalue weighted by Crippen LogP contribution is 2.37. The lowest BCUT2D eigenvalue weighted by Gasteiger charge is -2.10. The number of aliphatic hydroxyl groups excluding tert-OH is 1. The number of hydrogen-bond acceptors (Lipinski definition) is 2. The van der Waals surface area contributed by atoms with Crippen LogP contribution in [0.25, 0.3) is 0 Å². The Bertz CT molecular complexity index is 258. The smallest absolute Gasteiger partial charge is 0.0637 e. The van der Waals surface area contributed by atoms with E-state index in [2.05, 4.69) is 24.3 Å². The van der Waals surface area contributed by atoms with Gasteiger partial charge in [-0.05, 0) is 25.0 Å². The molecule has 1 nitrogen and oxygen atoms in total. The minimum Gasteiger partial charge on any atom is -0.392 e. The molecule has 0 bridgehead atoms. The lowest BCUT2D eigenvalue weighted by atomic mass is 10.1. The molecule has 2 rings (SSSR count). The summed E-state index contributed by atoms with van der Waals surface area (Å²) in [5.41, 5.74) is 1.38. The van der Waals surface area contributed by atoms with Crippen LogP contribution in [0.5, 0.6) is 0 Å². The standard InChI is InChI=1S/C10H12OS/c1-7(11)10-6-8-4-2-3-5-9(8)12-10/h2-5,7,10-11H,6H2,1H3. The summed E-state index contributed by atoms with van der Waals surface area (Å²) in [5.74, 6) is 0. The average Bonchev–Trinajstić information content (AvgIpc) is 2.46. The van der Waals surface area contributed by atoms with E-state index in [-0.39, 0.29) is 6.10 Å². The van der Waals surface area contributed by atoms with Crippen LogP contribution in [0.15, 0.2) is 29.2 Å². The lowest BCUT2D eigenvalue weighted by molar-refractivity contribution is 0.192. The molecule has 0 aromatic heterocycles. The van der Waals surface area contributed by atoms with Gasteiger partial charge in [0.2, 0.25) is 0 Å². The summed E-state index contributed by atoms with van der Waals surface area (Å²) in [6.07, 6.45) is 0.806.